The Morgan fingerprint density at radius 1 is 0.939 bits per heavy atom. The second kappa shape index (κ2) is 12.2. The molecule has 3 rings (SSSR count). The maximum Gasteiger partial charge on any atom is 0.253 e. The Morgan fingerprint density at radius 2 is 1.67 bits per heavy atom. The van der Waals surface area contributed by atoms with Gasteiger partial charge in [-0.25, -0.2) is 0 Å². The summed E-state index contributed by atoms with van der Waals surface area (Å²) >= 11 is 7.29. The number of para-hydroxylation sites is 1. The van der Waals surface area contributed by atoms with Crippen LogP contribution in [0.4, 0.5) is 5.69 Å². The normalized spacial score (nSPS) is 10.4. The molecular formula is C25H25ClN2O4S. The quantitative estimate of drug-likeness (QED) is 0.393. The highest BCUT2D eigenvalue weighted by molar-refractivity contribution is 8.00. The number of benzene rings is 3. The van der Waals surface area contributed by atoms with Crippen LogP contribution < -0.4 is 20.1 Å². The van der Waals surface area contributed by atoms with Gasteiger partial charge in [-0.3, -0.25) is 9.59 Å². The molecule has 8 heteroatoms. The standard InChI is InChI=1S/C25H25ClN2O4S/c1-31-22-12-7-17(15-23(22)32-2)13-14-27-25(30)20-5-3-4-6-21(20)28-24(29)16-33-19-10-8-18(26)9-11-19/h3-12,15H,13-14,16H2,1-2H3,(H,27,30)(H,28,29). The maximum absolute atomic E-state index is 12.7. The molecule has 172 valence electrons. The lowest BCUT2D eigenvalue weighted by atomic mass is 10.1. The highest BCUT2D eigenvalue weighted by Gasteiger charge is 2.13. The first-order valence-corrected chi connectivity index (χ1v) is 11.6. The van der Waals surface area contributed by atoms with Gasteiger partial charge >= 0.3 is 0 Å². The topological polar surface area (TPSA) is 76.7 Å². The summed E-state index contributed by atoms with van der Waals surface area (Å²) in [5.41, 5.74) is 1.89. The summed E-state index contributed by atoms with van der Waals surface area (Å²) in [6.07, 6.45) is 0.623. The molecule has 0 aromatic heterocycles. The van der Waals surface area contributed by atoms with E-state index < -0.39 is 0 Å². The fourth-order valence-electron chi connectivity index (χ4n) is 3.11. The van der Waals surface area contributed by atoms with Gasteiger partial charge in [0.05, 0.1) is 31.2 Å². The van der Waals surface area contributed by atoms with Crippen LogP contribution in [0, 0.1) is 0 Å². The summed E-state index contributed by atoms with van der Waals surface area (Å²) in [5, 5.41) is 6.39. The molecule has 0 bridgehead atoms. The first-order chi connectivity index (χ1) is 16.0. The lowest BCUT2D eigenvalue weighted by molar-refractivity contribution is -0.113. The van der Waals surface area contributed by atoms with E-state index in [-0.39, 0.29) is 17.6 Å². The summed E-state index contributed by atoms with van der Waals surface area (Å²) in [4.78, 5) is 26.1. The Morgan fingerprint density at radius 3 is 2.39 bits per heavy atom. The van der Waals surface area contributed by atoms with Crippen LogP contribution in [-0.4, -0.2) is 38.3 Å². The third kappa shape index (κ3) is 7.17. The van der Waals surface area contributed by atoms with Crippen molar-refractivity contribution < 1.29 is 19.1 Å². The zero-order valence-electron chi connectivity index (χ0n) is 18.4. The summed E-state index contributed by atoms with van der Waals surface area (Å²) in [5.74, 6) is 1.07. The van der Waals surface area contributed by atoms with Gasteiger partial charge in [0.15, 0.2) is 11.5 Å². The van der Waals surface area contributed by atoms with Gasteiger partial charge in [-0.15, -0.1) is 11.8 Å². The Hall–Kier alpha value is -3.16. The van der Waals surface area contributed by atoms with Crippen molar-refractivity contribution in [3.63, 3.8) is 0 Å². The number of thioether (sulfide) groups is 1. The van der Waals surface area contributed by atoms with Crippen molar-refractivity contribution in [3.05, 3.63) is 82.9 Å². The molecule has 6 nitrogen and oxygen atoms in total. The summed E-state index contributed by atoms with van der Waals surface area (Å²) in [7, 11) is 3.17. The van der Waals surface area contributed by atoms with Gasteiger partial charge in [0.25, 0.3) is 5.91 Å². The minimum Gasteiger partial charge on any atom is -0.493 e. The predicted octanol–water partition coefficient (Wildman–Crippen LogP) is 5.06. The molecule has 0 saturated carbocycles. The maximum atomic E-state index is 12.7. The van der Waals surface area contributed by atoms with E-state index in [1.165, 1.54) is 11.8 Å². The average Bonchev–Trinajstić information content (AvgIpc) is 2.83. The molecule has 0 heterocycles. The third-order valence-electron chi connectivity index (χ3n) is 4.78. The van der Waals surface area contributed by atoms with Crippen molar-refractivity contribution in [2.24, 2.45) is 0 Å². The van der Waals surface area contributed by atoms with Crippen LogP contribution in [0.25, 0.3) is 0 Å². The molecule has 2 N–H and O–H groups in total. The number of anilines is 1. The second-order valence-electron chi connectivity index (χ2n) is 7.03. The van der Waals surface area contributed by atoms with Crippen LogP contribution in [0.2, 0.25) is 5.02 Å². The van der Waals surface area contributed by atoms with Gasteiger partial charge in [-0.1, -0.05) is 29.8 Å². The van der Waals surface area contributed by atoms with Crippen molar-refractivity contribution in [1.29, 1.82) is 0 Å². The summed E-state index contributed by atoms with van der Waals surface area (Å²) in [6, 6.07) is 19.9. The van der Waals surface area contributed by atoms with Crippen molar-refractivity contribution in [1.82, 2.24) is 5.32 Å². The second-order valence-corrected chi connectivity index (χ2v) is 8.52. The minimum atomic E-state index is -0.253. The monoisotopic (exact) mass is 484 g/mol. The van der Waals surface area contributed by atoms with E-state index in [4.69, 9.17) is 21.1 Å². The van der Waals surface area contributed by atoms with Gasteiger partial charge in [0, 0.05) is 16.5 Å². The van der Waals surface area contributed by atoms with E-state index in [2.05, 4.69) is 10.6 Å². The average molecular weight is 485 g/mol. The van der Waals surface area contributed by atoms with E-state index in [0.717, 1.165) is 10.5 Å². The van der Waals surface area contributed by atoms with Crippen LogP contribution in [0.1, 0.15) is 15.9 Å². The molecule has 33 heavy (non-hydrogen) atoms. The van der Waals surface area contributed by atoms with Crippen LogP contribution in [0.15, 0.2) is 71.6 Å². The number of carbonyl (C=O) groups excluding carboxylic acids is 2. The molecular weight excluding hydrogens is 460 g/mol. The van der Waals surface area contributed by atoms with E-state index >= 15 is 0 Å². The van der Waals surface area contributed by atoms with E-state index in [9.17, 15) is 9.59 Å². The Balaban J connectivity index is 1.55. The number of halogens is 1. The van der Waals surface area contributed by atoms with Crippen LogP contribution in [-0.2, 0) is 11.2 Å². The zero-order chi connectivity index (χ0) is 23.6. The number of rotatable bonds is 10. The molecule has 0 aliphatic carbocycles. The Labute approximate surface area is 202 Å². The molecule has 3 aromatic carbocycles. The number of ether oxygens (including phenoxy) is 2. The smallest absolute Gasteiger partial charge is 0.253 e. The lowest BCUT2D eigenvalue weighted by Crippen LogP contribution is -2.27. The number of methoxy groups -OCH3 is 2. The largest absolute Gasteiger partial charge is 0.493 e. The first-order valence-electron chi connectivity index (χ1n) is 10.3. The molecule has 0 fully saturated rings. The highest BCUT2D eigenvalue weighted by Crippen LogP contribution is 2.27. The van der Waals surface area contributed by atoms with Crippen LogP contribution >= 0.6 is 23.4 Å². The minimum absolute atomic E-state index is 0.194. The molecule has 2 amide bonds. The predicted molar refractivity (Wildman–Crippen MR) is 133 cm³/mol. The number of carbonyl (C=O) groups is 2. The number of hydrogen-bond donors (Lipinski definition) is 2. The van der Waals surface area contributed by atoms with E-state index in [1.54, 1.807) is 50.6 Å². The molecule has 0 unspecified atom stereocenters. The molecule has 0 aliphatic rings. The molecule has 3 aromatic rings. The van der Waals surface area contributed by atoms with Gasteiger partial charge < -0.3 is 20.1 Å². The lowest BCUT2D eigenvalue weighted by Gasteiger charge is -2.12. The molecule has 0 spiro atoms. The Bertz CT molecular complexity index is 1110. The molecule has 0 aliphatic heterocycles. The van der Waals surface area contributed by atoms with Gasteiger partial charge in [0.2, 0.25) is 5.91 Å². The Kier molecular flexibility index (Phi) is 9.04. The molecule has 0 atom stereocenters. The fraction of sp³-hybridized carbons (Fsp3) is 0.200. The van der Waals surface area contributed by atoms with Gasteiger partial charge in [-0.05, 0) is 60.5 Å². The number of amides is 2. The first kappa shape index (κ1) is 24.5. The number of nitrogens with one attached hydrogen (secondary N) is 2. The zero-order valence-corrected chi connectivity index (χ0v) is 20.0. The van der Waals surface area contributed by atoms with Gasteiger partial charge in [0.1, 0.15) is 0 Å². The molecule has 0 radical (unpaired) electrons. The third-order valence-corrected chi connectivity index (χ3v) is 6.04. The fourth-order valence-corrected chi connectivity index (χ4v) is 3.93. The van der Waals surface area contributed by atoms with Crippen molar-refractivity contribution >= 4 is 40.9 Å². The van der Waals surface area contributed by atoms with Crippen molar-refractivity contribution in [3.8, 4) is 11.5 Å². The molecule has 0 saturated heterocycles. The van der Waals surface area contributed by atoms with E-state index in [1.807, 2.05) is 30.3 Å². The van der Waals surface area contributed by atoms with Crippen LogP contribution in [0.3, 0.4) is 0 Å². The van der Waals surface area contributed by atoms with Gasteiger partial charge in [-0.2, -0.15) is 0 Å². The van der Waals surface area contributed by atoms with Crippen LogP contribution in [0.5, 0.6) is 11.5 Å². The van der Waals surface area contributed by atoms with Crippen molar-refractivity contribution in [2.45, 2.75) is 11.3 Å². The van der Waals surface area contributed by atoms with Crippen molar-refractivity contribution in [2.75, 3.05) is 31.8 Å². The SMILES string of the molecule is COc1ccc(CCNC(=O)c2ccccc2NC(=O)CSc2ccc(Cl)cc2)cc1OC. The highest BCUT2D eigenvalue weighted by atomic mass is 35.5. The number of hydrogen-bond acceptors (Lipinski definition) is 5. The van der Waals surface area contributed by atoms with E-state index in [0.29, 0.717) is 40.7 Å². The summed E-state index contributed by atoms with van der Waals surface area (Å²) in [6.45, 7) is 0.434. The summed E-state index contributed by atoms with van der Waals surface area (Å²) < 4.78 is 10.6.